The average Bonchev–Trinajstić information content (AvgIpc) is 2.28. The van der Waals surface area contributed by atoms with E-state index in [1.807, 2.05) is 36.4 Å². The first-order valence-electron chi connectivity index (χ1n) is 5.68. The summed E-state index contributed by atoms with van der Waals surface area (Å²) in [6.07, 6.45) is 1.98. The summed E-state index contributed by atoms with van der Waals surface area (Å²) in [7, 11) is 0. The molecule has 88 valence electrons. The number of hydrogen-bond acceptors (Lipinski definition) is 0. The Morgan fingerprint density at radius 3 is 1.67 bits per heavy atom. The molecule has 0 aromatic heterocycles. The summed E-state index contributed by atoms with van der Waals surface area (Å²) >= 11 is 13.4. The first-order valence-corrected chi connectivity index (χ1v) is 7.67. The van der Waals surface area contributed by atoms with E-state index < -0.39 is 0 Å². The van der Waals surface area contributed by atoms with Gasteiger partial charge in [-0.05, 0) is 0 Å². The van der Waals surface area contributed by atoms with E-state index >= 15 is 0 Å². The first-order chi connectivity index (χ1) is 8.63. The van der Waals surface area contributed by atoms with Crippen LogP contribution in [0.2, 0.25) is 10.0 Å². The van der Waals surface area contributed by atoms with Gasteiger partial charge in [0.15, 0.2) is 0 Å². The summed E-state index contributed by atoms with van der Waals surface area (Å²) in [5.74, 6) is 0. The molecule has 2 aromatic carbocycles. The number of benzene rings is 2. The van der Waals surface area contributed by atoms with Crippen LogP contribution in [-0.4, -0.2) is 3.21 Å². The molecule has 0 aliphatic carbocycles. The number of hydrogen-bond donors (Lipinski definition) is 0. The molecule has 0 N–H and O–H groups in total. The fraction of sp³-hybridized carbons (Fsp3) is 0.133. The second kappa shape index (κ2) is 6.80. The Balaban J connectivity index is 2.01. The summed E-state index contributed by atoms with van der Waals surface area (Å²) in [5, 5.41) is 1.61. The maximum atomic E-state index is 5.99. The third kappa shape index (κ3) is 4.46. The molecule has 0 aliphatic heterocycles. The van der Waals surface area contributed by atoms with E-state index in [0.717, 1.165) is 22.9 Å². The molecule has 0 spiro atoms. The van der Waals surface area contributed by atoms with E-state index in [2.05, 4.69) is 12.1 Å². The molecule has 0 saturated carbocycles. The minimum absolute atomic E-state index is 0.804. The average molecular weight is 354 g/mol. The topological polar surface area (TPSA) is 0 Å². The van der Waals surface area contributed by atoms with Crippen LogP contribution in [0, 0.1) is 0 Å². The van der Waals surface area contributed by atoms with Crippen LogP contribution in [-0.2, 0) is 37.1 Å². The normalized spacial score (nSPS) is 10.4. The predicted octanol–water partition coefficient (Wildman–Crippen LogP) is 4.50. The van der Waals surface area contributed by atoms with Gasteiger partial charge in [-0.25, -0.2) is 0 Å². The van der Waals surface area contributed by atoms with Gasteiger partial charge in [0.05, 0.1) is 0 Å². The van der Waals surface area contributed by atoms with Crippen molar-refractivity contribution in [2.75, 3.05) is 0 Å². The van der Waals surface area contributed by atoms with Gasteiger partial charge >= 0.3 is 133 Å². The van der Waals surface area contributed by atoms with Gasteiger partial charge in [-0.1, -0.05) is 0 Å². The molecule has 0 saturated heterocycles. The van der Waals surface area contributed by atoms with Crippen molar-refractivity contribution in [2.45, 2.75) is 12.8 Å². The Hall–Kier alpha value is -0.227. The molecule has 0 aliphatic rings. The van der Waals surface area contributed by atoms with Crippen LogP contribution in [0.1, 0.15) is 11.1 Å². The molecular formula is C15H12Cl2Zr+2. The van der Waals surface area contributed by atoms with Crippen LogP contribution in [0.4, 0.5) is 0 Å². The van der Waals surface area contributed by atoms with Gasteiger partial charge in [0.1, 0.15) is 0 Å². The van der Waals surface area contributed by atoms with Crippen molar-refractivity contribution in [2.24, 2.45) is 0 Å². The molecule has 0 bridgehead atoms. The van der Waals surface area contributed by atoms with Gasteiger partial charge in [0.2, 0.25) is 0 Å². The summed E-state index contributed by atoms with van der Waals surface area (Å²) in [4.78, 5) is 0. The van der Waals surface area contributed by atoms with E-state index in [9.17, 15) is 0 Å². The molecular weight excluding hydrogens is 342 g/mol. The zero-order valence-electron chi connectivity index (χ0n) is 9.79. The summed E-state index contributed by atoms with van der Waals surface area (Å²) in [6.45, 7) is 0. The van der Waals surface area contributed by atoms with Gasteiger partial charge in [0.25, 0.3) is 0 Å². The van der Waals surface area contributed by atoms with Crippen LogP contribution < -0.4 is 0 Å². The Labute approximate surface area is 132 Å². The molecule has 0 atom stereocenters. The first kappa shape index (κ1) is 14.2. The van der Waals surface area contributed by atoms with Crippen LogP contribution in [0.25, 0.3) is 0 Å². The van der Waals surface area contributed by atoms with E-state index in [-0.39, 0.29) is 0 Å². The molecule has 0 radical (unpaired) electrons. The van der Waals surface area contributed by atoms with Crippen LogP contribution >= 0.6 is 23.2 Å². The van der Waals surface area contributed by atoms with Crippen molar-refractivity contribution in [1.82, 2.24) is 0 Å². The fourth-order valence-corrected chi connectivity index (χ4v) is 3.28. The summed E-state index contributed by atoms with van der Waals surface area (Å²) in [6, 6.07) is 16.1. The van der Waals surface area contributed by atoms with Crippen LogP contribution in [0.3, 0.4) is 0 Å². The van der Waals surface area contributed by atoms with Gasteiger partial charge in [0, 0.05) is 0 Å². The van der Waals surface area contributed by atoms with Gasteiger partial charge in [-0.15, -0.1) is 0 Å². The Bertz CT molecular complexity index is 514. The zero-order valence-corrected chi connectivity index (χ0v) is 13.8. The second-order valence-electron chi connectivity index (χ2n) is 4.22. The molecule has 2 rings (SSSR count). The molecule has 0 heterocycles. The number of halogens is 2. The van der Waals surface area contributed by atoms with Crippen molar-refractivity contribution < 1.29 is 24.2 Å². The minimum atomic E-state index is 0.804. The van der Waals surface area contributed by atoms with E-state index in [0.29, 0.717) is 0 Å². The molecule has 0 fully saturated rings. The predicted molar refractivity (Wildman–Crippen MR) is 75.3 cm³/mol. The molecule has 2 aromatic rings. The van der Waals surface area contributed by atoms with Crippen molar-refractivity contribution in [3.8, 4) is 0 Å². The maximum absolute atomic E-state index is 5.99. The van der Waals surface area contributed by atoms with Gasteiger partial charge < -0.3 is 0 Å². The standard InChI is InChI=1S/C15H12Cl2.Zr/c16-14-8-2-6-12(10-14)4-1-5-13-7-3-9-15(17)11-13;/h2-3,6-11H,4-5H2;/q;+2. The Kier molecular flexibility index (Phi) is 5.36. The van der Waals surface area contributed by atoms with Crippen molar-refractivity contribution in [3.05, 3.63) is 69.7 Å². The van der Waals surface area contributed by atoms with E-state index in [1.165, 1.54) is 38.6 Å². The quantitative estimate of drug-likeness (QED) is 0.759. The monoisotopic (exact) mass is 352 g/mol. The fourth-order valence-electron chi connectivity index (χ4n) is 1.85. The van der Waals surface area contributed by atoms with Gasteiger partial charge in [-0.2, -0.15) is 0 Å². The van der Waals surface area contributed by atoms with Crippen LogP contribution in [0.15, 0.2) is 48.5 Å². The number of rotatable bonds is 4. The summed E-state index contributed by atoms with van der Waals surface area (Å²) in [5.41, 5.74) is 2.55. The third-order valence-corrected chi connectivity index (χ3v) is 3.95. The molecule has 18 heavy (non-hydrogen) atoms. The van der Waals surface area contributed by atoms with E-state index in [1.54, 1.807) is 0 Å². The second-order valence-corrected chi connectivity index (χ2v) is 6.83. The third-order valence-electron chi connectivity index (χ3n) is 2.61. The molecule has 0 amide bonds. The van der Waals surface area contributed by atoms with Crippen molar-refractivity contribution in [1.29, 1.82) is 0 Å². The van der Waals surface area contributed by atoms with Gasteiger partial charge in [-0.3, -0.25) is 0 Å². The van der Waals surface area contributed by atoms with Crippen molar-refractivity contribution >= 4 is 26.4 Å². The SMILES string of the molecule is Clc1cccc(C[C](=[Zr+2])Cc2cccc(Cl)c2)c1. The molecule has 0 unspecified atom stereocenters. The van der Waals surface area contributed by atoms with Crippen LogP contribution in [0.5, 0.6) is 0 Å². The molecule has 3 heteroatoms. The summed E-state index contributed by atoms with van der Waals surface area (Å²) < 4.78 is 1.49. The zero-order chi connectivity index (χ0) is 13.0. The van der Waals surface area contributed by atoms with Crippen molar-refractivity contribution in [3.63, 3.8) is 0 Å². The Morgan fingerprint density at radius 2 is 1.28 bits per heavy atom. The van der Waals surface area contributed by atoms with E-state index in [4.69, 9.17) is 23.2 Å². The molecule has 0 nitrogen and oxygen atoms in total. The Morgan fingerprint density at radius 1 is 0.833 bits per heavy atom.